The second kappa shape index (κ2) is 5.04. The van der Waals surface area contributed by atoms with Gasteiger partial charge in [0, 0.05) is 0 Å². The Bertz CT molecular complexity index is 675. The lowest BCUT2D eigenvalue weighted by atomic mass is 10.2. The molecule has 0 fully saturated rings. The molecule has 106 valence electrons. The monoisotopic (exact) mass is 295 g/mol. The highest BCUT2D eigenvalue weighted by Crippen LogP contribution is 2.34. The van der Waals surface area contributed by atoms with Crippen LogP contribution in [0.4, 0.5) is 16.2 Å². The van der Waals surface area contributed by atoms with Crippen LogP contribution in [-0.2, 0) is 4.74 Å². The fourth-order valence-corrected chi connectivity index (χ4v) is 2.30. The van der Waals surface area contributed by atoms with Crippen LogP contribution >= 0.6 is 11.3 Å². The number of carbonyl (C=O) groups excluding carboxylic acids is 1. The Labute approximate surface area is 118 Å². The van der Waals surface area contributed by atoms with Crippen molar-refractivity contribution in [3.8, 4) is 0 Å². The molecule has 1 N–H and O–H groups in total. The number of anilines is 1. The molecular weight excluding hydrogens is 282 g/mol. The number of hydrogen-bond donors (Lipinski definition) is 1. The average Bonchev–Trinajstić information content (AvgIpc) is 2.73. The first-order chi connectivity index (χ1) is 9.28. The molecule has 0 saturated heterocycles. The lowest BCUT2D eigenvalue weighted by Crippen LogP contribution is -2.27. The SMILES string of the molecule is CC(C)(C)OC(=O)Nc1ccc2scnc2c1[N+](=O)[O-]. The van der Waals surface area contributed by atoms with Crippen molar-refractivity contribution in [3.05, 3.63) is 27.8 Å². The van der Waals surface area contributed by atoms with Gasteiger partial charge in [0.2, 0.25) is 0 Å². The molecule has 0 unspecified atom stereocenters. The zero-order valence-electron chi connectivity index (χ0n) is 11.2. The number of nitro benzene ring substituents is 1. The van der Waals surface area contributed by atoms with Crippen LogP contribution in [0.3, 0.4) is 0 Å². The van der Waals surface area contributed by atoms with Crippen molar-refractivity contribution in [2.24, 2.45) is 0 Å². The fraction of sp³-hybridized carbons (Fsp3) is 0.333. The maximum atomic E-state index is 11.7. The van der Waals surface area contributed by atoms with Gasteiger partial charge in [-0.2, -0.15) is 0 Å². The van der Waals surface area contributed by atoms with E-state index in [0.717, 1.165) is 0 Å². The maximum absolute atomic E-state index is 11.7. The topological polar surface area (TPSA) is 94.4 Å². The number of nitrogens with zero attached hydrogens (tertiary/aromatic N) is 2. The lowest BCUT2D eigenvalue weighted by molar-refractivity contribution is -0.382. The Hall–Kier alpha value is -2.22. The maximum Gasteiger partial charge on any atom is 0.412 e. The number of thiazole rings is 1. The average molecular weight is 295 g/mol. The third-order valence-corrected chi connectivity index (χ3v) is 3.09. The number of carbonyl (C=O) groups is 1. The van der Waals surface area contributed by atoms with Crippen molar-refractivity contribution in [2.75, 3.05) is 5.32 Å². The second-order valence-corrected chi connectivity index (χ2v) is 5.93. The van der Waals surface area contributed by atoms with Gasteiger partial charge in [0.25, 0.3) is 0 Å². The summed E-state index contributed by atoms with van der Waals surface area (Å²) in [6.45, 7) is 5.14. The quantitative estimate of drug-likeness (QED) is 0.675. The smallest absolute Gasteiger partial charge is 0.412 e. The molecule has 0 atom stereocenters. The minimum absolute atomic E-state index is 0.0719. The van der Waals surface area contributed by atoms with Gasteiger partial charge >= 0.3 is 11.8 Å². The Morgan fingerprint density at radius 1 is 1.45 bits per heavy atom. The molecule has 0 bridgehead atoms. The first-order valence-corrected chi connectivity index (χ1v) is 6.66. The molecule has 0 aliphatic rings. The summed E-state index contributed by atoms with van der Waals surface area (Å²) in [5.74, 6) is 0. The van der Waals surface area contributed by atoms with E-state index in [-0.39, 0.29) is 16.9 Å². The third kappa shape index (κ3) is 3.02. The summed E-state index contributed by atoms with van der Waals surface area (Å²) < 4.78 is 5.77. The lowest BCUT2D eigenvalue weighted by Gasteiger charge is -2.19. The largest absolute Gasteiger partial charge is 0.444 e. The Morgan fingerprint density at radius 3 is 2.75 bits per heavy atom. The molecule has 2 aromatic rings. The molecule has 20 heavy (non-hydrogen) atoms. The molecule has 8 heteroatoms. The Morgan fingerprint density at radius 2 is 2.15 bits per heavy atom. The van der Waals surface area contributed by atoms with E-state index in [1.165, 1.54) is 22.9 Å². The van der Waals surface area contributed by atoms with Crippen molar-refractivity contribution >= 4 is 39.0 Å². The molecule has 1 aromatic heterocycles. The van der Waals surface area contributed by atoms with Crippen molar-refractivity contribution in [2.45, 2.75) is 26.4 Å². The van der Waals surface area contributed by atoms with Gasteiger partial charge in [-0.25, -0.2) is 9.78 Å². The minimum atomic E-state index is -0.741. The highest BCUT2D eigenvalue weighted by atomic mass is 32.1. The molecule has 1 amide bonds. The predicted molar refractivity (Wildman–Crippen MR) is 76.1 cm³/mol. The zero-order chi connectivity index (χ0) is 14.9. The van der Waals surface area contributed by atoms with E-state index < -0.39 is 16.6 Å². The molecular formula is C12H13N3O4S. The van der Waals surface area contributed by atoms with Crippen LogP contribution in [0.5, 0.6) is 0 Å². The number of ether oxygens (including phenoxy) is 1. The molecule has 0 spiro atoms. The fourth-order valence-electron chi connectivity index (χ4n) is 1.62. The van der Waals surface area contributed by atoms with Crippen LogP contribution in [0.25, 0.3) is 10.2 Å². The van der Waals surface area contributed by atoms with Crippen molar-refractivity contribution in [1.82, 2.24) is 4.98 Å². The molecule has 0 radical (unpaired) electrons. The number of benzene rings is 1. The highest BCUT2D eigenvalue weighted by Gasteiger charge is 2.24. The van der Waals surface area contributed by atoms with Crippen LogP contribution in [0.2, 0.25) is 0 Å². The number of fused-ring (bicyclic) bond motifs is 1. The summed E-state index contributed by atoms with van der Waals surface area (Å²) in [5, 5.41) is 13.6. The van der Waals surface area contributed by atoms with Gasteiger partial charge in [-0.05, 0) is 32.9 Å². The van der Waals surface area contributed by atoms with E-state index in [9.17, 15) is 14.9 Å². The second-order valence-electron chi connectivity index (χ2n) is 5.04. The van der Waals surface area contributed by atoms with Crippen LogP contribution in [0.15, 0.2) is 17.6 Å². The summed E-state index contributed by atoms with van der Waals surface area (Å²) in [4.78, 5) is 26.3. The molecule has 1 aromatic carbocycles. The minimum Gasteiger partial charge on any atom is -0.444 e. The zero-order valence-corrected chi connectivity index (χ0v) is 12.0. The normalized spacial score (nSPS) is 11.3. The molecule has 1 heterocycles. The number of rotatable bonds is 2. The van der Waals surface area contributed by atoms with Gasteiger partial charge in [0.05, 0.1) is 15.1 Å². The summed E-state index contributed by atoms with van der Waals surface area (Å²) >= 11 is 1.30. The Kier molecular flexibility index (Phi) is 3.58. The number of amides is 1. The van der Waals surface area contributed by atoms with E-state index in [1.54, 1.807) is 26.8 Å². The molecule has 0 aliphatic carbocycles. The van der Waals surface area contributed by atoms with Gasteiger partial charge in [0.1, 0.15) is 11.3 Å². The van der Waals surface area contributed by atoms with E-state index in [2.05, 4.69) is 10.3 Å². The Balaban J connectivity index is 2.37. The van der Waals surface area contributed by atoms with Crippen molar-refractivity contribution in [1.29, 1.82) is 0 Å². The first-order valence-electron chi connectivity index (χ1n) is 5.78. The molecule has 2 rings (SSSR count). The summed E-state index contributed by atoms with van der Waals surface area (Å²) in [6.07, 6.45) is -0.741. The van der Waals surface area contributed by atoms with Crippen molar-refractivity contribution in [3.63, 3.8) is 0 Å². The number of nitro groups is 1. The van der Waals surface area contributed by atoms with E-state index in [0.29, 0.717) is 4.70 Å². The highest BCUT2D eigenvalue weighted by molar-refractivity contribution is 7.16. The van der Waals surface area contributed by atoms with Crippen LogP contribution in [0.1, 0.15) is 20.8 Å². The van der Waals surface area contributed by atoms with Gasteiger partial charge < -0.3 is 4.74 Å². The number of hydrogen-bond acceptors (Lipinski definition) is 6. The predicted octanol–water partition coefficient (Wildman–Crippen LogP) is 3.55. The summed E-state index contributed by atoms with van der Waals surface area (Å²) in [5.41, 5.74) is 0.948. The van der Waals surface area contributed by atoms with Crippen LogP contribution in [-0.4, -0.2) is 21.6 Å². The van der Waals surface area contributed by atoms with E-state index >= 15 is 0 Å². The summed E-state index contributed by atoms with van der Waals surface area (Å²) in [7, 11) is 0. The van der Waals surface area contributed by atoms with E-state index in [1.807, 2.05) is 0 Å². The molecule has 0 saturated carbocycles. The number of aromatic nitrogens is 1. The van der Waals surface area contributed by atoms with Crippen LogP contribution < -0.4 is 5.32 Å². The third-order valence-electron chi connectivity index (χ3n) is 2.29. The van der Waals surface area contributed by atoms with E-state index in [4.69, 9.17) is 4.74 Å². The van der Waals surface area contributed by atoms with Crippen molar-refractivity contribution < 1.29 is 14.5 Å². The van der Waals surface area contributed by atoms with Gasteiger partial charge in [-0.3, -0.25) is 15.4 Å². The first kappa shape index (κ1) is 14.2. The summed E-state index contributed by atoms with van der Waals surface area (Å²) in [6, 6.07) is 3.15. The number of nitrogens with one attached hydrogen (secondary N) is 1. The van der Waals surface area contributed by atoms with Gasteiger partial charge in [0.15, 0.2) is 5.52 Å². The van der Waals surface area contributed by atoms with Crippen LogP contribution in [0, 0.1) is 10.1 Å². The van der Waals surface area contributed by atoms with Gasteiger partial charge in [-0.1, -0.05) is 0 Å². The van der Waals surface area contributed by atoms with Gasteiger partial charge in [-0.15, -0.1) is 11.3 Å². The standard InChI is InChI=1S/C12H13N3O4S/c1-12(2,3)19-11(16)14-7-4-5-8-9(13-6-20-8)10(7)15(17)18/h4-6H,1-3H3,(H,14,16). The molecule has 7 nitrogen and oxygen atoms in total. The molecule has 0 aliphatic heterocycles.